The lowest BCUT2D eigenvalue weighted by Crippen LogP contribution is -2.30. The fourth-order valence-electron chi connectivity index (χ4n) is 5.10. The van der Waals surface area contributed by atoms with E-state index in [4.69, 9.17) is 4.98 Å². The van der Waals surface area contributed by atoms with Gasteiger partial charge in [0.05, 0.1) is 22.6 Å². The van der Waals surface area contributed by atoms with Crippen molar-refractivity contribution in [2.45, 2.75) is 44.9 Å². The Morgan fingerprint density at radius 1 is 1.07 bits per heavy atom. The molecule has 214 valence electrons. The number of nitrogens with one attached hydrogen (secondary N) is 3. The minimum atomic E-state index is -4.28. The number of benzene rings is 2. The van der Waals surface area contributed by atoms with Gasteiger partial charge in [-0.2, -0.15) is 8.42 Å². The summed E-state index contributed by atoms with van der Waals surface area (Å²) in [6.07, 6.45) is 0. The lowest BCUT2D eigenvalue weighted by atomic mass is 10.0. The van der Waals surface area contributed by atoms with Crippen molar-refractivity contribution in [3.8, 4) is 0 Å². The van der Waals surface area contributed by atoms with E-state index < -0.39 is 22.0 Å². The van der Waals surface area contributed by atoms with E-state index in [-0.39, 0.29) is 22.1 Å². The molecule has 1 atom stereocenters. The van der Waals surface area contributed by atoms with Gasteiger partial charge in [0.25, 0.3) is 15.6 Å². The van der Waals surface area contributed by atoms with E-state index in [0.29, 0.717) is 41.3 Å². The molecule has 1 aliphatic rings. The van der Waals surface area contributed by atoms with Crippen molar-refractivity contribution in [2.24, 2.45) is 7.05 Å². The summed E-state index contributed by atoms with van der Waals surface area (Å²) in [4.78, 5) is 36.2. The molecule has 11 nitrogen and oxygen atoms in total. The van der Waals surface area contributed by atoms with E-state index in [9.17, 15) is 22.4 Å². The Labute approximate surface area is 236 Å². The molecule has 13 heteroatoms. The highest BCUT2D eigenvalue weighted by atomic mass is 32.2. The molecule has 2 aromatic heterocycles. The number of hydrogen-bond acceptors (Lipinski definition) is 9. The number of hydrogen-bond donors (Lipinski definition) is 3. The molecule has 0 spiro atoms. The maximum atomic E-state index is 13.8. The van der Waals surface area contributed by atoms with E-state index in [2.05, 4.69) is 15.6 Å². The summed E-state index contributed by atoms with van der Waals surface area (Å²) in [7, 11) is -1.02. The lowest BCUT2D eigenvalue weighted by molar-refractivity contribution is -0.117. The molecule has 0 radical (unpaired) electrons. The maximum Gasteiger partial charge on any atom is 0.283 e. The van der Waals surface area contributed by atoms with Crippen molar-refractivity contribution in [3.05, 3.63) is 80.9 Å². The monoisotopic (exact) mass is 579 g/mol. The molecule has 1 amide bonds. The van der Waals surface area contributed by atoms with E-state index in [1.54, 1.807) is 38.4 Å². The van der Waals surface area contributed by atoms with Crippen LogP contribution >= 0.6 is 0 Å². The van der Waals surface area contributed by atoms with Gasteiger partial charge in [-0.1, -0.05) is 12.1 Å². The van der Waals surface area contributed by atoms with Crippen LogP contribution in [0.25, 0.3) is 10.9 Å². The predicted molar refractivity (Wildman–Crippen MR) is 155 cm³/mol. The summed E-state index contributed by atoms with van der Waals surface area (Å²) in [5.74, 6) is -0.328. The first-order valence-corrected chi connectivity index (χ1v) is 14.4. The molecule has 0 saturated carbocycles. The number of amides is 1. The Morgan fingerprint density at radius 2 is 1.80 bits per heavy atom. The van der Waals surface area contributed by atoms with E-state index in [1.807, 2.05) is 29.5 Å². The molecule has 0 fully saturated rings. The Kier molecular flexibility index (Phi) is 7.15. The first-order valence-electron chi connectivity index (χ1n) is 12.9. The van der Waals surface area contributed by atoms with Crippen molar-refractivity contribution in [1.29, 1.82) is 0 Å². The highest BCUT2D eigenvalue weighted by molar-refractivity contribution is 7.90. The SMILES string of the molecule is CNc1ccc(N[C@H](C)c2cc(C)cc3c(=O)n(C)c(N4Cc5ccc(F)cc5C4)nc23)c(S(=O)(=O)NC(C)=O)n1. The number of fused-ring (bicyclic) bond motifs is 2. The first kappa shape index (κ1) is 28.0. The van der Waals surface area contributed by atoms with E-state index in [0.717, 1.165) is 23.6 Å². The Morgan fingerprint density at radius 3 is 2.51 bits per heavy atom. The smallest absolute Gasteiger partial charge is 0.283 e. The summed E-state index contributed by atoms with van der Waals surface area (Å²) >= 11 is 0. The maximum absolute atomic E-state index is 13.8. The third-order valence-corrected chi connectivity index (χ3v) is 8.37. The minimum Gasteiger partial charge on any atom is -0.376 e. The van der Waals surface area contributed by atoms with Crippen LogP contribution < -0.4 is 25.8 Å². The number of anilines is 3. The fourth-order valence-corrected chi connectivity index (χ4v) is 6.21. The third kappa shape index (κ3) is 5.32. The van der Waals surface area contributed by atoms with Gasteiger partial charge in [0.15, 0.2) is 0 Å². The van der Waals surface area contributed by atoms with Crippen LogP contribution in [0.3, 0.4) is 0 Å². The number of halogens is 1. The van der Waals surface area contributed by atoms with Crippen LogP contribution in [0.1, 0.15) is 42.1 Å². The predicted octanol–water partition coefficient (Wildman–Crippen LogP) is 3.34. The van der Waals surface area contributed by atoms with Crippen LogP contribution in [0.2, 0.25) is 0 Å². The molecule has 0 aliphatic carbocycles. The van der Waals surface area contributed by atoms with Gasteiger partial charge in [-0.3, -0.25) is 14.2 Å². The third-order valence-electron chi connectivity index (χ3n) is 6.99. The standard InChI is InChI=1S/C28H30FN7O4S/c1-15-10-21(16(2)31-23-8-9-24(30-4)32-26(23)41(39,40)34-17(3)37)25-22(11-15)27(38)35(5)28(33-25)36-13-18-6-7-20(29)12-19(18)14-36/h6-12,16,31H,13-14H2,1-5H3,(H,30,32)(H,34,37)/t16-/m1/s1. The van der Waals surface area contributed by atoms with Gasteiger partial charge in [-0.25, -0.2) is 19.1 Å². The molecule has 0 unspecified atom stereocenters. The lowest BCUT2D eigenvalue weighted by Gasteiger charge is -2.23. The molecule has 4 aromatic rings. The number of aryl methyl sites for hydroxylation is 1. The second kappa shape index (κ2) is 10.5. The second-order valence-electron chi connectivity index (χ2n) is 10.1. The highest BCUT2D eigenvalue weighted by Gasteiger charge is 2.27. The van der Waals surface area contributed by atoms with Crippen molar-refractivity contribution in [3.63, 3.8) is 0 Å². The van der Waals surface area contributed by atoms with Gasteiger partial charge >= 0.3 is 0 Å². The largest absolute Gasteiger partial charge is 0.376 e. The highest BCUT2D eigenvalue weighted by Crippen LogP contribution is 2.32. The Bertz CT molecular complexity index is 1870. The normalized spacial score (nSPS) is 13.7. The number of carbonyl (C=O) groups is 1. The molecule has 1 aliphatic heterocycles. The van der Waals surface area contributed by atoms with Crippen molar-refractivity contribution < 1.29 is 17.6 Å². The summed E-state index contributed by atoms with van der Waals surface area (Å²) in [6.45, 7) is 5.67. The van der Waals surface area contributed by atoms with Gasteiger partial charge < -0.3 is 15.5 Å². The van der Waals surface area contributed by atoms with E-state index in [1.165, 1.54) is 16.7 Å². The Balaban J connectivity index is 1.59. The summed E-state index contributed by atoms with van der Waals surface area (Å²) in [6, 6.07) is 11.0. The molecular formula is C28H30FN7O4S. The van der Waals surface area contributed by atoms with Crippen molar-refractivity contribution in [2.75, 3.05) is 22.6 Å². The van der Waals surface area contributed by atoms with Gasteiger partial charge in [-0.15, -0.1) is 0 Å². The van der Waals surface area contributed by atoms with Gasteiger partial charge in [0.1, 0.15) is 11.6 Å². The van der Waals surface area contributed by atoms with Crippen LogP contribution in [-0.4, -0.2) is 35.9 Å². The number of pyridine rings is 1. The summed E-state index contributed by atoms with van der Waals surface area (Å²) < 4.78 is 43.2. The molecule has 2 aromatic carbocycles. The zero-order valence-electron chi connectivity index (χ0n) is 23.2. The molecule has 0 saturated heterocycles. The van der Waals surface area contributed by atoms with Gasteiger partial charge in [0, 0.05) is 39.7 Å². The zero-order valence-corrected chi connectivity index (χ0v) is 24.1. The number of aromatic nitrogens is 3. The van der Waals surface area contributed by atoms with Crippen LogP contribution in [0.15, 0.2) is 52.3 Å². The average Bonchev–Trinajstić information content (AvgIpc) is 3.32. The summed E-state index contributed by atoms with van der Waals surface area (Å²) in [5, 5.41) is 6.06. The molecule has 3 N–H and O–H groups in total. The molecule has 41 heavy (non-hydrogen) atoms. The number of sulfonamides is 1. The minimum absolute atomic E-state index is 0.168. The quantitative estimate of drug-likeness (QED) is 0.301. The molecule has 3 heterocycles. The molecular weight excluding hydrogens is 549 g/mol. The summed E-state index contributed by atoms with van der Waals surface area (Å²) in [5.41, 5.74) is 3.68. The van der Waals surface area contributed by atoms with Crippen molar-refractivity contribution in [1.82, 2.24) is 19.3 Å². The Hall–Kier alpha value is -4.52. The number of nitrogens with zero attached hydrogens (tertiary/aromatic N) is 4. The number of carbonyl (C=O) groups excluding carboxylic acids is 1. The second-order valence-corrected chi connectivity index (χ2v) is 11.7. The van der Waals surface area contributed by atoms with Crippen LogP contribution in [0.5, 0.6) is 0 Å². The van der Waals surface area contributed by atoms with Crippen molar-refractivity contribution >= 4 is 44.3 Å². The topological polar surface area (TPSA) is 138 Å². The number of rotatable bonds is 7. The molecule has 5 rings (SSSR count). The molecule has 0 bridgehead atoms. The van der Waals surface area contributed by atoms with E-state index >= 15 is 0 Å². The first-order chi connectivity index (χ1) is 19.4. The average molecular weight is 580 g/mol. The van der Waals surface area contributed by atoms with Crippen LogP contribution in [-0.2, 0) is 35.0 Å². The van der Waals surface area contributed by atoms with Gasteiger partial charge in [0.2, 0.25) is 16.9 Å². The fraction of sp³-hybridized carbons (Fsp3) is 0.286. The van der Waals surface area contributed by atoms with Crippen LogP contribution in [0, 0.1) is 12.7 Å². The van der Waals surface area contributed by atoms with Gasteiger partial charge in [-0.05, 0) is 60.9 Å². The zero-order chi connectivity index (χ0) is 29.6. The van der Waals surface area contributed by atoms with Crippen LogP contribution in [0.4, 0.5) is 21.8 Å².